The number of nitriles is 1. The van der Waals surface area contributed by atoms with Gasteiger partial charge in [-0.1, -0.05) is 12.1 Å². The van der Waals surface area contributed by atoms with Crippen LogP contribution in [0.25, 0.3) is 0 Å². The molecule has 5 heteroatoms. The molecule has 0 radical (unpaired) electrons. The number of rotatable bonds is 2. The molecule has 1 fully saturated rings. The van der Waals surface area contributed by atoms with Gasteiger partial charge in [0.15, 0.2) is 0 Å². The first-order chi connectivity index (χ1) is 9.18. The second-order valence-corrected chi connectivity index (χ2v) is 6.22. The van der Waals surface area contributed by atoms with Crippen LogP contribution in [0, 0.1) is 17.1 Å². The minimum Gasteiger partial charge on any atom is -0.399 e. The Morgan fingerprint density at radius 3 is 2.25 bits per heavy atom. The van der Waals surface area contributed by atoms with E-state index in [0.29, 0.717) is 5.56 Å². The molecule has 1 saturated heterocycles. The van der Waals surface area contributed by atoms with Crippen molar-refractivity contribution in [2.45, 2.75) is 51.7 Å². The van der Waals surface area contributed by atoms with Gasteiger partial charge in [-0.15, -0.1) is 0 Å². The molecule has 0 spiro atoms. The van der Waals surface area contributed by atoms with Crippen molar-refractivity contribution < 1.29 is 13.7 Å². The summed E-state index contributed by atoms with van der Waals surface area (Å²) in [7, 11) is -0.537. The van der Waals surface area contributed by atoms with Gasteiger partial charge in [-0.3, -0.25) is 0 Å². The molecular formula is C15H19BFNO2. The van der Waals surface area contributed by atoms with Crippen LogP contribution in [0.15, 0.2) is 18.2 Å². The zero-order valence-electron chi connectivity index (χ0n) is 12.5. The largest absolute Gasteiger partial charge is 0.494 e. The van der Waals surface area contributed by atoms with Crippen molar-refractivity contribution in [2.75, 3.05) is 0 Å². The molecule has 1 heterocycles. The van der Waals surface area contributed by atoms with Gasteiger partial charge in [0.05, 0.1) is 23.2 Å². The lowest BCUT2D eigenvalue weighted by molar-refractivity contribution is 0.00578. The maximum Gasteiger partial charge on any atom is 0.494 e. The van der Waals surface area contributed by atoms with Crippen LogP contribution in [0.5, 0.6) is 0 Å². The van der Waals surface area contributed by atoms with Gasteiger partial charge in [0.1, 0.15) is 5.82 Å². The van der Waals surface area contributed by atoms with E-state index < -0.39 is 24.2 Å². The molecule has 0 saturated carbocycles. The molecule has 20 heavy (non-hydrogen) atoms. The molecule has 3 nitrogen and oxygen atoms in total. The Labute approximate surface area is 119 Å². The minimum absolute atomic E-state index is 0.375. The molecule has 1 aromatic carbocycles. The average molecular weight is 275 g/mol. The third-order valence-electron chi connectivity index (χ3n) is 4.21. The summed E-state index contributed by atoms with van der Waals surface area (Å²) < 4.78 is 25.6. The number of benzene rings is 1. The monoisotopic (exact) mass is 275 g/mol. The van der Waals surface area contributed by atoms with Crippen molar-refractivity contribution in [3.63, 3.8) is 0 Å². The second-order valence-electron chi connectivity index (χ2n) is 6.22. The first kappa shape index (κ1) is 15.0. The molecule has 1 aliphatic rings. The van der Waals surface area contributed by atoms with Gasteiger partial charge in [0, 0.05) is 5.56 Å². The van der Waals surface area contributed by atoms with E-state index in [0.717, 1.165) is 5.46 Å². The van der Waals surface area contributed by atoms with Crippen LogP contribution in [0.1, 0.15) is 46.1 Å². The van der Waals surface area contributed by atoms with Gasteiger partial charge >= 0.3 is 7.12 Å². The van der Waals surface area contributed by atoms with E-state index in [4.69, 9.17) is 14.6 Å². The molecule has 1 unspecified atom stereocenters. The lowest BCUT2D eigenvalue weighted by Gasteiger charge is -2.32. The Kier molecular flexibility index (Phi) is 3.66. The highest BCUT2D eigenvalue weighted by Gasteiger charge is 2.51. The quantitative estimate of drug-likeness (QED) is 0.779. The van der Waals surface area contributed by atoms with Crippen molar-refractivity contribution in [1.82, 2.24) is 0 Å². The summed E-state index contributed by atoms with van der Waals surface area (Å²) in [5, 5.41) is 8.96. The molecule has 1 aromatic rings. The number of hydrogen-bond donors (Lipinski definition) is 0. The van der Waals surface area contributed by atoms with Crippen LogP contribution < -0.4 is 5.46 Å². The van der Waals surface area contributed by atoms with Crippen molar-refractivity contribution in [1.29, 1.82) is 5.26 Å². The number of halogens is 1. The van der Waals surface area contributed by atoms with Crippen LogP contribution >= 0.6 is 0 Å². The van der Waals surface area contributed by atoms with Crippen molar-refractivity contribution in [2.24, 2.45) is 0 Å². The average Bonchev–Trinajstić information content (AvgIpc) is 2.58. The van der Waals surface area contributed by atoms with Crippen LogP contribution in [-0.2, 0) is 9.31 Å². The maximum atomic E-state index is 13.8. The summed E-state index contributed by atoms with van der Waals surface area (Å²) >= 11 is 0. The maximum absolute atomic E-state index is 13.8. The van der Waals surface area contributed by atoms with Gasteiger partial charge in [-0.05, 0) is 46.1 Å². The zero-order valence-corrected chi connectivity index (χ0v) is 12.5. The third-order valence-corrected chi connectivity index (χ3v) is 4.21. The summed E-state index contributed by atoms with van der Waals surface area (Å²) in [5.41, 5.74) is 0.238. The predicted octanol–water partition coefficient (Wildman–Crippen LogP) is 2.75. The first-order valence-electron chi connectivity index (χ1n) is 6.72. The standard InChI is InChI=1S/C15H19BFNO2/c1-10(9-18)12-8-11(6-7-13(12)17)16-19-14(2,3)15(4,5)20-16/h6-8,10H,1-5H3. The van der Waals surface area contributed by atoms with Crippen LogP contribution in [0.3, 0.4) is 0 Å². The number of nitrogens with zero attached hydrogens (tertiary/aromatic N) is 1. The fraction of sp³-hybridized carbons (Fsp3) is 0.533. The van der Waals surface area contributed by atoms with Gasteiger partial charge in [-0.2, -0.15) is 5.26 Å². The lowest BCUT2D eigenvalue weighted by Crippen LogP contribution is -2.41. The summed E-state index contributed by atoms with van der Waals surface area (Å²) in [6.45, 7) is 9.54. The SMILES string of the molecule is CC(C#N)c1cc(B2OC(C)(C)C(C)(C)O2)ccc1F. The molecule has 1 aliphatic heterocycles. The Morgan fingerprint density at radius 2 is 1.75 bits per heavy atom. The Morgan fingerprint density at radius 1 is 1.20 bits per heavy atom. The van der Waals surface area contributed by atoms with Crippen LogP contribution in [-0.4, -0.2) is 18.3 Å². The predicted molar refractivity (Wildman–Crippen MR) is 76.1 cm³/mol. The molecule has 106 valence electrons. The normalized spacial score (nSPS) is 21.6. The lowest BCUT2D eigenvalue weighted by atomic mass is 9.77. The molecule has 0 bridgehead atoms. The Bertz CT molecular complexity index is 549. The topological polar surface area (TPSA) is 42.2 Å². The Hall–Kier alpha value is -1.38. The summed E-state index contributed by atoms with van der Waals surface area (Å²) in [5.74, 6) is -0.878. The summed E-state index contributed by atoms with van der Waals surface area (Å²) in [4.78, 5) is 0. The van der Waals surface area contributed by atoms with Gasteiger partial charge in [-0.25, -0.2) is 4.39 Å². The van der Waals surface area contributed by atoms with E-state index in [1.165, 1.54) is 6.07 Å². The Balaban J connectivity index is 2.35. The highest BCUT2D eigenvalue weighted by atomic mass is 19.1. The van der Waals surface area contributed by atoms with Crippen molar-refractivity contribution in [3.8, 4) is 6.07 Å². The molecule has 0 amide bonds. The fourth-order valence-corrected chi connectivity index (χ4v) is 2.09. The van der Waals surface area contributed by atoms with E-state index in [2.05, 4.69) is 6.07 Å². The van der Waals surface area contributed by atoms with Crippen LogP contribution in [0.4, 0.5) is 4.39 Å². The van der Waals surface area contributed by atoms with Gasteiger partial charge in [0.2, 0.25) is 0 Å². The van der Waals surface area contributed by atoms with E-state index >= 15 is 0 Å². The highest BCUT2D eigenvalue weighted by molar-refractivity contribution is 6.62. The van der Waals surface area contributed by atoms with E-state index in [1.807, 2.05) is 27.7 Å². The van der Waals surface area contributed by atoms with Crippen molar-refractivity contribution >= 4 is 12.6 Å². The summed E-state index contributed by atoms with van der Waals surface area (Å²) in [6, 6.07) is 6.72. The number of hydrogen-bond acceptors (Lipinski definition) is 3. The van der Waals surface area contributed by atoms with Crippen molar-refractivity contribution in [3.05, 3.63) is 29.6 Å². The summed E-state index contributed by atoms with van der Waals surface area (Å²) in [6.07, 6.45) is 0. The highest BCUT2D eigenvalue weighted by Crippen LogP contribution is 2.36. The molecule has 2 rings (SSSR count). The van der Waals surface area contributed by atoms with E-state index in [1.54, 1.807) is 19.1 Å². The molecule has 0 aromatic heterocycles. The molecular weight excluding hydrogens is 256 g/mol. The van der Waals surface area contributed by atoms with Crippen LogP contribution in [0.2, 0.25) is 0 Å². The van der Waals surface area contributed by atoms with Gasteiger partial charge < -0.3 is 9.31 Å². The first-order valence-corrected chi connectivity index (χ1v) is 6.72. The smallest absolute Gasteiger partial charge is 0.399 e. The fourth-order valence-electron chi connectivity index (χ4n) is 2.09. The zero-order chi connectivity index (χ0) is 15.1. The molecule has 0 N–H and O–H groups in total. The molecule has 1 atom stereocenters. The van der Waals surface area contributed by atoms with E-state index in [-0.39, 0.29) is 5.82 Å². The second kappa shape index (κ2) is 4.87. The van der Waals surface area contributed by atoms with Gasteiger partial charge in [0.25, 0.3) is 0 Å². The molecule has 0 aliphatic carbocycles. The third kappa shape index (κ3) is 2.46. The minimum atomic E-state index is -0.537. The van der Waals surface area contributed by atoms with E-state index in [9.17, 15) is 4.39 Å².